The molecule has 1 heterocycles. The topological polar surface area (TPSA) is 44.7 Å². The molecule has 2 fully saturated rings. The van der Waals surface area contributed by atoms with Crippen LogP contribution in [0.4, 0.5) is 0 Å². The molecule has 1 aliphatic heterocycles. The third kappa shape index (κ3) is 5.85. The predicted octanol–water partition coefficient (Wildman–Crippen LogP) is 2.02. The lowest BCUT2D eigenvalue weighted by Crippen LogP contribution is -2.49. The smallest absolute Gasteiger partial charge is 0.0613 e. The first-order valence-electron chi connectivity index (χ1n) is 8.82. The summed E-state index contributed by atoms with van der Waals surface area (Å²) < 4.78 is 5.56. The largest absolute Gasteiger partial charge is 0.394 e. The zero-order valence-electron chi connectivity index (χ0n) is 13.9. The van der Waals surface area contributed by atoms with Crippen molar-refractivity contribution in [1.82, 2.24) is 10.2 Å². The predicted molar refractivity (Wildman–Crippen MR) is 86.5 cm³/mol. The van der Waals surface area contributed by atoms with Gasteiger partial charge in [0.25, 0.3) is 0 Å². The highest BCUT2D eigenvalue weighted by Gasteiger charge is 2.33. The monoisotopic (exact) mass is 298 g/mol. The minimum absolute atomic E-state index is 0.0457. The second-order valence-corrected chi connectivity index (χ2v) is 7.16. The van der Waals surface area contributed by atoms with Crippen LogP contribution in [-0.4, -0.2) is 61.5 Å². The van der Waals surface area contributed by atoms with Gasteiger partial charge < -0.3 is 20.1 Å². The number of nitrogens with zero attached hydrogens (tertiary/aromatic N) is 1. The summed E-state index contributed by atoms with van der Waals surface area (Å²) in [5, 5.41) is 13.5. The van der Waals surface area contributed by atoms with E-state index >= 15 is 0 Å². The molecule has 1 aliphatic carbocycles. The molecule has 4 nitrogen and oxygen atoms in total. The van der Waals surface area contributed by atoms with E-state index in [2.05, 4.69) is 24.2 Å². The summed E-state index contributed by atoms with van der Waals surface area (Å²) >= 11 is 0. The number of ether oxygens (including phenoxy) is 1. The summed E-state index contributed by atoms with van der Waals surface area (Å²) in [5.74, 6) is 0.710. The number of aliphatic hydroxyl groups is 1. The van der Waals surface area contributed by atoms with Gasteiger partial charge in [-0.2, -0.15) is 0 Å². The summed E-state index contributed by atoms with van der Waals surface area (Å²) in [6.07, 6.45) is 8.32. The number of hydrogen-bond donors (Lipinski definition) is 2. The molecule has 21 heavy (non-hydrogen) atoms. The molecular weight excluding hydrogens is 264 g/mol. The zero-order valence-corrected chi connectivity index (χ0v) is 13.9. The van der Waals surface area contributed by atoms with E-state index in [0.717, 1.165) is 45.6 Å². The molecule has 0 aromatic carbocycles. The molecule has 1 saturated carbocycles. The lowest BCUT2D eigenvalue weighted by molar-refractivity contribution is 0.0413. The van der Waals surface area contributed by atoms with Gasteiger partial charge in [0.15, 0.2) is 0 Å². The van der Waals surface area contributed by atoms with Crippen molar-refractivity contribution in [2.75, 3.05) is 40.0 Å². The maximum Gasteiger partial charge on any atom is 0.0613 e. The average molecular weight is 298 g/mol. The highest BCUT2D eigenvalue weighted by molar-refractivity contribution is 4.94. The van der Waals surface area contributed by atoms with Gasteiger partial charge in [-0.15, -0.1) is 0 Å². The van der Waals surface area contributed by atoms with E-state index in [1.807, 2.05) is 0 Å². The van der Waals surface area contributed by atoms with E-state index in [-0.39, 0.29) is 12.1 Å². The van der Waals surface area contributed by atoms with Crippen molar-refractivity contribution in [3.63, 3.8) is 0 Å². The van der Waals surface area contributed by atoms with Crippen LogP contribution in [0.15, 0.2) is 0 Å². The average Bonchev–Trinajstić information content (AvgIpc) is 3.31. The van der Waals surface area contributed by atoms with Crippen molar-refractivity contribution in [2.45, 2.75) is 63.5 Å². The van der Waals surface area contributed by atoms with E-state index in [4.69, 9.17) is 4.74 Å². The molecule has 0 radical (unpaired) electrons. The number of nitrogens with one attached hydrogen (secondary N) is 1. The Bertz CT molecular complexity index is 285. The molecule has 0 bridgehead atoms. The highest BCUT2D eigenvalue weighted by Crippen LogP contribution is 2.27. The Labute approximate surface area is 130 Å². The normalized spacial score (nSPS) is 26.0. The molecule has 2 atom stereocenters. The Morgan fingerprint density at radius 3 is 2.71 bits per heavy atom. The van der Waals surface area contributed by atoms with Gasteiger partial charge in [0.05, 0.1) is 13.2 Å². The molecule has 2 N–H and O–H groups in total. The second kappa shape index (κ2) is 8.47. The first-order valence-corrected chi connectivity index (χ1v) is 8.82. The Morgan fingerprint density at radius 1 is 1.33 bits per heavy atom. The van der Waals surface area contributed by atoms with Crippen molar-refractivity contribution >= 4 is 0 Å². The standard InChI is InChI=1S/C17H34N2O2/c1-3-17(14-20,18-16-7-8-16)9-5-10-19(2)12-15-6-4-11-21-13-15/h15-16,18,20H,3-14H2,1-2H3. The van der Waals surface area contributed by atoms with E-state index in [0.29, 0.717) is 12.0 Å². The maximum atomic E-state index is 9.79. The van der Waals surface area contributed by atoms with Crippen molar-refractivity contribution in [3.8, 4) is 0 Å². The fraction of sp³-hybridized carbons (Fsp3) is 1.00. The molecule has 0 spiro atoms. The van der Waals surface area contributed by atoms with Crippen molar-refractivity contribution < 1.29 is 9.84 Å². The fourth-order valence-corrected chi connectivity index (χ4v) is 3.42. The van der Waals surface area contributed by atoms with Crippen LogP contribution in [0.3, 0.4) is 0 Å². The Morgan fingerprint density at radius 2 is 2.14 bits per heavy atom. The number of rotatable bonds is 10. The lowest BCUT2D eigenvalue weighted by atomic mass is 9.90. The fourth-order valence-electron chi connectivity index (χ4n) is 3.42. The van der Waals surface area contributed by atoms with Gasteiger partial charge in [-0.3, -0.25) is 0 Å². The van der Waals surface area contributed by atoms with E-state index in [1.54, 1.807) is 0 Å². The Balaban J connectivity index is 1.65. The zero-order chi connectivity index (χ0) is 15.1. The van der Waals surface area contributed by atoms with Gasteiger partial charge in [0.1, 0.15) is 0 Å². The van der Waals surface area contributed by atoms with Gasteiger partial charge in [-0.1, -0.05) is 6.92 Å². The first-order chi connectivity index (χ1) is 10.2. The van der Waals surface area contributed by atoms with Crippen molar-refractivity contribution in [2.24, 2.45) is 5.92 Å². The molecule has 0 aromatic heterocycles. The summed E-state index contributed by atoms with van der Waals surface area (Å²) in [6, 6.07) is 0.661. The van der Waals surface area contributed by atoms with E-state index in [9.17, 15) is 5.11 Å². The van der Waals surface area contributed by atoms with Crippen LogP contribution in [-0.2, 0) is 4.74 Å². The van der Waals surface area contributed by atoms with Gasteiger partial charge in [0.2, 0.25) is 0 Å². The molecule has 4 heteroatoms. The SMILES string of the molecule is CCC(CO)(CCCN(C)CC1CCCOC1)NC1CC1. The lowest BCUT2D eigenvalue weighted by Gasteiger charge is -2.33. The van der Waals surface area contributed by atoms with E-state index in [1.165, 1.54) is 25.7 Å². The quantitative estimate of drug-likeness (QED) is 0.648. The number of hydrogen-bond acceptors (Lipinski definition) is 4. The molecule has 2 aliphatic rings. The Kier molecular flexibility index (Phi) is 6.93. The summed E-state index contributed by atoms with van der Waals surface area (Å²) in [6.45, 7) is 6.60. The van der Waals surface area contributed by atoms with E-state index < -0.39 is 0 Å². The van der Waals surface area contributed by atoms with Gasteiger partial charge in [-0.25, -0.2) is 0 Å². The Hall–Kier alpha value is -0.160. The molecule has 0 aromatic rings. The maximum absolute atomic E-state index is 9.79. The molecule has 2 unspecified atom stereocenters. The van der Waals surface area contributed by atoms with Crippen LogP contribution < -0.4 is 5.32 Å². The van der Waals surface area contributed by atoms with Crippen LogP contribution in [0.25, 0.3) is 0 Å². The summed E-state index contributed by atoms with van der Waals surface area (Å²) in [7, 11) is 2.22. The van der Waals surface area contributed by atoms with Gasteiger partial charge in [0, 0.05) is 24.7 Å². The minimum atomic E-state index is -0.0457. The van der Waals surface area contributed by atoms with Crippen LogP contribution >= 0.6 is 0 Å². The van der Waals surface area contributed by atoms with Crippen LogP contribution in [0.5, 0.6) is 0 Å². The van der Waals surface area contributed by atoms with Crippen LogP contribution in [0.2, 0.25) is 0 Å². The summed E-state index contributed by atoms with van der Waals surface area (Å²) in [5.41, 5.74) is -0.0457. The van der Waals surface area contributed by atoms with Gasteiger partial charge >= 0.3 is 0 Å². The van der Waals surface area contributed by atoms with Crippen molar-refractivity contribution in [3.05, 3.63) is 0 Å². The second-order valence-electron chi connectivity index (χ2n) is 7.16. The van der Waals surface area contributed by atoms with Crippen molar-refractivity contribution in [1.29, 1.82) is 0 Å². The molecular formula is C17H34N2O2. The molecule has 1 saturated heterocycles. The van der Waals surface area contributed by atoms with Crippen LogP contribution in [0, 0.1) is 5.92 Å². The molecule has 0 amide bonds. The molecule has 124 valence electrons. The molecule has 2 rings (SSSR count). The third-order valence-corrected chi connectivity index (χ3v) is 5.09. The minimum Gasteiger partial charge on any atom is -0.394 e. The van der Waals surface area contributed by atoms with Gasteiger partial charge in [-0.05, 0) is 64.5 Å². The van der Waals surface area contributed by atoms with Crippen LogP contribution in [0.1, 0.15) is 51.9 Å². The summed E-state index contributed by atoms with van der Waals surface area (Å²) in [4.78, 5) is 2.44. The number of aliphatic hydroxyl groups excluding tert-OH is 1. The highest BCUT2D eigenvalue weighted by atomic mass is 16.5. The first kappa shape index (κ1) is 17.2. The third-order valence-electron chi connectivity index (χ3n) is 5.09.